The smallest absolute Gasteiger partial charge is 0.119 e. The first kappa shape index (κ1) is 20.5. The van der Waals surface area contributed by atoms with Gasteiger partial charge in [-0.25, -0.2) is 4.98 Å². The van der Waals surface area contributed by atoms with Crippen molar-refractivity contribution in [1.82, 2.24) is 9.97 Å². The minimum atomic E-state index is 0.811. The SMILES string of the molecule is CCCCCCCCOc1ccc(Cc2nc(-c3cccnc3C)cs2)cc1. The summed E-state index contributed by atoms with van der Waals surface area (Å²) in [6.07, 6.45) is 10.4. The Balaban J connectivity index is 1.46. The Hall–Kier alpha value is -2.20. The van der Waals surface area contributed by atoms with E-state index in [2.05, 4.69) is 47.6 Å². The van der Waals surface area contributed by atoms with E-state index < -0.39 is 0 Å². The van der Waals surface area contributed by atoms with Gasteiger partial charge in [0.2, 0.25) is 0 Å². The van der Waals surface area contributed by atoms with Crippen LogP contribution in [0.3, 0.4) is 0 Å². The number of ether oxygens (including phenoxy) is 1. The van der Waals surface area contributed by atoms with E-state index in [0.29, 0.717) is 0 Å². The molecule has 4 heteroatoms. The van der Waals surface area contributed by atoms with Gasteiger partial charge in [0.05, 0.1) is 17.3 Å². The number of benzene rings is 1. The molecule has 0 fully saturated rings. The van der Waals surface area contributed by atoms with Crippen LogP contribution >= 0.6 is 11.3 Å². The van der Waals surface area contributed by atoms with Gasteiger partial charge in [-0.2, -0.15) is 0 Å². The van der Waals surface area contributed by atoms with Gasteiger partial charge < -0.3 is 4.74 Å². The van der Waals surface area contributed by atoms with E-state index >= 15 is 0 Å². The van der Waals surface area contributed by atoms with Crippen LogP contribution in [-0.2, 0) is 6.42 Å². The van der Waals surface area contributed by atoms with Gasteiger partial charge in [-0.1, -0.05) is 51.2 Å². The van der Waals surface area contributed by atoms with Crippen molar-refractivity contribution in [3.05, 3.63) is 64.2 Å². The van der Waals surface area contributed by atoms with Crippen molar-refractivity contribution in [3.63, 3.8) is 0 Å². The molecule has 0 saturated carbocycles. The summed E-state index contributed by atoms with van der Waals surface area (Å²) in [4.78, 5) is 9.16. The summed E-state index contributed by atoms with van der Waals surface area (Å²) in [5.74, 6) is 0.961. The summed E-state index contributed by atoms with van der Waals surface area (Å²) in [5.41, 5.74) is 4.41. The maximum atomic E-state index is 5.87. The van der Waals surface area contributed by atoms with Gasteiger partial charge in [-0.15, -0.1) is 11.3 Å². The zero-order valence-corrected chi connectivity index (χ0v) is 17.8. The molecule has 3 nitrogen and oxygen atoms in total. The van der Waals surface area contributed by atoms with Crippen molar-refractivity contribution in [2.45, 2.75) is 58.8 Å². The van der Waals surface area contributed by atoms with Crippen LogP contribution in [-0.4, -0.2) is 16.6 Å². The number of rotatable bonds is 11. The lowest BCUT2D eigenvalue weighted by Crippen LogP contribution is -1.97. The topological polar surface area (TPSA) is 35.0 Å². The van der Waals surface area contributed by atoms with Gasteiger partial charge in [0.25, 0.3) is 0 Å². The number of pyridine rings is 1. The molecule has 28 heavy (non-hydrogen) atoms. The van der Waals surface area contributed by atoms with Crippen LogP contribution < -0.4 is 4.74 Å². The lowest BCUT2D eigenvalue weighted by atomic mass is 10.1. The fraction of sp³-hybridized carbons (Fsp3) is 0.417. The fourth-order valence-corrected chi connectivity index (χ4v) is 4.05. The van der Waals surface area contributed by atoms with Crippen molar-refractivity contribution in [2.75, 3.05) is 6.61 Å². The Morgan fingerprint density at radius 1 is 0.964 bits per heavy atom. The van der Waals surface area contributed by atoms with Crippen molar-refractivity contribution < 1.29 is 4.74 Å². The average Bonchev–Trinajstić information content (AvgIpc) is 3.17. The highest BCUT2D eigenvalue weighted by atomic mass is 32.1. The maximum Gasteiger partial charge on any atom is 0.119 e. The lowest BCUT2D eigenvalue weighted by molar-refractivity contribution is 0.304. The first-order chi connectivity index (χ1) is 13.8. The molecule has 0 aliphatic rings. The minimum Gasteiger partial charge on any atom is -0.494 e. The summed E-state index contributed by atoms with van der Waals surface area (Å²) in [6.45, 7) is 5.09. The zero-order valence-electron chi connectivity index (χ0n) is 17.0. The first-order valence-corrected chi connectivity index (χ1v) is 11.2. The van der Waals surface area contributed by atoms with Crippen LogP contribution in [0.15, 0.2) is 48.0 Å². The fourth-order valence-electron chi connectivity index (χ4n) is 3.22. The first-order valence-electron chi connectivity index (χ1n) is 10.3. The lowest BCUT2D eigenvalue weighted by Gasteiger charge is -2.07. The molecule has 0 spiro atoms. The third kappa shape index (κ3) is 6.16. The molecule has 2 aromatic heterocycles. The number of aryl methyl sites for hydroxylation is 1. The minimum absolute atomic E-state index is 0.811. The molecule has 1 aromatic carbocycles. The predicted molar refractivity (Wildman–Crippen MR) is 118 cm³/mol. The van der Waals surface area contributed by atoms with Gasteiger partial charge in [-0.05, 0) is 43.2 Å². The van der Waals surface area contributed by atoms with Crippen LogP contribution in [0, 0.1) is 6.92 Å². The van der Waals surface area contributed by atoms with Crippen molar-refractivity contribution in [1.29, 1.82) is 0 Å². The number of unbranched alkanes of at least 4 members (excludes halogenated alkanes) is 5. The highest BCUT2D eigenvalue weighted by Gasteiger charge is 2.08. The third-order valence-electron chi connectivity index (χ3n) is 4.88. The van der Waals surface area contributed by atoms with Gasteiger partial charge >= 0.3 is 0 Å². The summed E-state index contributed by atoms with van der Waals surface area (Å²) >= 11 is 1.71. The van der Waals surface area contributed by atoms with Crippen LogP contribution in [0.5, 0.6) is 5.75 Å². The molecule has 0 atom stereocenters. The van der Waals surface area contributed by atoms with Crippen LogP contribution in [0.4, 0.5) is 0 Å². The van der Waals surface area contributed by atoms with E-state index in [9.17, 15) is 0 Å². The average molecular weight is 395 g/mol. The molecule has 2 heterocycles. The van der Waals surface area contributed by atoms with Gasteiger partial charge in [0.15, 0.2) is 0 Å². The molecule has 0 aliphatic heterocycles. The van der Waals surface area contributed by atoms with Crippen LogP contribution in [0.1, 0.15) is 61.7 Å². The molecular weight excluding hydrogens is 364 g/mol. The number of aromatic nitrogens is 2. The van der Waals surface area contributed by atoms with Gasteiger partial charge in [0, 0.05) is 29.3 Å². The monoisotopic (exact) mass is 394 g/mol. The molecule has 3 aromatic rings. The molecular formula is C24H30N2OS. The second kappa shape index (κ2) is 11.0. The summed E-state index contributed by atoms with van der Waals surface area (Å²) < 4.78 is 5.87. The van der Waals surface area contributed by atoms with E-state index in [1.54, 1.807) is 11.3 Å². The Morgan fingerprint density at radius 3 is 2.54 bits per heavy atom. The predicted octanol–water partition coefficient (Wildman–Crippen LogP) is 6.84. The van der Waals surface area contributed by atoms with Crippen LogP contribution in [0.25, 0.3) is 11.3 Å². The summed E-state index contributed by atoms with van der Waals surface area (Å²) in [7, 11) is 0. The number of thiazole rings is 1. The molecule has 0 radical (unpaired) electrons. The Labute approximate surface area is 172 Å². The van der Waals surface area contributed by atoms with Gasteiger partial charge in [-0.3, -0.25) is 4.98 Å². The van der Waals surface area contributed by atoms with E-state index in [-0.39, 0.29) is 0 Å². The Bertz CT molecular complexity index is 842. The van der Waals surface area contributed by atoms with Crippen molar-refractivity contribution in [2.24, 2.45) is 0 Å². The van der Waals surface area contributed by atoms with Gasteiger partial charge in [0.1, 0.15) is 5.75 Å². The second-order valence-electron chi connectivity index (χ2n) is 7.20. The third-order valence-corrected chi connectivity index (χ3v) is 5.73. The molecule has 0 amide bonds. The van der Waals surface area contributed by atoms with Crippen LogP contribution in [0.2, 0.25) is 0 Å². The largest absolute Gasteiger partial charge is 0.494 e. The molecule has 0 unspecified atom stereocenters. The highest BCUT2D eigenvalue weighted by molar-refractivity contribution is 7.10. The maximum absolute atomic E-state index is 5.87. The highest BCUT2D eigenvalue weighted by Crippen LogP contribution is 2.25. The number of hydrogen-bond acceptors (Lipinski definition) is 4. The molecule has 0 bridgehead atoms. The number of hydrogen-bond donors (Lipinski definition) is 0. The molecule has 3 rings (SSSR count). The quantitative estimate of drug-likeness (QED) is 0.334. The van der Waals surface area contributed by atoms with E-state index in [0.717, 1.165) is 47.2 Å². The molecule has 0 aliphatic carbocycles. The van der Waals surface area contributed by atoms with E-state index in [1.165, 1.54) is 37.7 Å². The summed E-state index contributed by atoms with van der Waals surface area (Å²) in [5, 5.41) is 3.25. The standard InChI is InChI=1S/C24H30N2OS/c1-3-4-5-6-7-8-16-27-21-13-11-20(12-14-21)17-24-26-23(18-28-24)22-10-9-15-25-19(22)2/h9-15,18H,3-8,16-17H2,1-2H3. The van der Waals surface area contributed by atoms with E-state index in [1.807, 2.05) is 19.2 Å². The molecule has 0 saturated heterocycles. The Morgan fingerprint density at radius 2 is 1.75 bits per heavy atom. The normalized spacial score (nSPS) is 10.9. The molecule has 0 N–H and O–H groups in total. The number of nitrogens with zero attached hydrogens (tertiary/aromatic N) is 2. The van der Waals surface area contributed by atoms with Crippen molar-refractivity contribution >= 4 is 11.3 Å². The Kier molecular flexibility index (Phi) is 8.04. The van der Waals surface area contributed by atoms with E-state index in [4.69, 9.17) is 9.72 Å². The second-order valence-corrected chi connectivity index (χ2v) is 8.14. The summed E-state index contributed by atoms with van der Waals surface area (Å²) in [6, 6.07) is 12.5. The zero-order chi connectivity index (χ0) is 19.6. The molecule has 148 valence electrons. The van der Waals surface area contributed by atoms with Crippen molar-refractivity contribution in [3.8, 4) is 17.0 Å².